The second kappa shape index (κ2) is 13.0. The second-order valence-electron chi connectivity index (χ2n) is 7.05. The lowest BCUT2D eigenvalue weighted by molar-refractivity contribution is -0.149. The maximum atomic E-state index is 12.0. The van der Waals surface area contributed by atoms with E-state index < -0.39 is 0 Å². The number of hydrogen-bond donors (Lipinski definition) is 1. The highest BCUT2D eigenvalue weighted by Crippen LogP contribution is 2.19. The first kappa shape index (κ1) is 25.7. The largest absolute Gasteiger partial charge is 0.466 e. The summed E-state index contributed by atoms with van der Waals surface area (Å²) in [6, 6.07) is 0. The van der Waals surface area contributed by atoms with E-state index >= 15 is 0 Å². The Morgan fingerprint density at radius 1 is 1.28 bits per heavy atom. The van der Waals surface area contributed by atoms with Crippen LogP contribution in [0.2, 0.25) is 0 Å². The summed E-state index contributed by atoms with van der Waals surface area (Å²) in [7, 11) is 1.70. The van der Waals surface area contributed by atoms with Crippen LogP contribution >= 0.6 is 24.0 Å². The predicted molar refractivity (Wildman–Crippen MR) is 125 cm³/mol. The molecule has 0 aliphatic carbocycles. The molecule has 9 heteroatoms. The molecule has 2 heterocycles. The fraction of sp³-hybridized carbons (Fsp3) is 0.750. The van der Waals surface area contributed by atoms with Crippen molar-refractivity contribution in [3.63, 3.8) is 0 Å². The third kappa shape index (κ3) is 7.13. The van der Waals surface area contributed by atoms with Gasteiger partial charge in [0.05, 0.1) is 37.9 Å². The maximum Gasteiger partial charge on any atom is 0.309 e. The van der Waals surface area contributed by atoms with Crippen molar-refractivity contribution in [3.8, 4) is 0 Å². The van der Waals surface area contributed by atoms with E-state index in [-0.39, 0.29) is 35.9 Å². The van der Waals surface area contributed by atoms with Gasteiger partial charge in [0.15, 0.2) is 5.96 Å². The molecule has 1 aromatic heterocycles. The molecule has 0 aromatic carbocycles. The standard InChI is InChI=1S/C20H35N5O3.HI/c1-6-21-20(24-10-8-17(9-11-24)19(26)28-7-2)22-14-18-15(3)23-25(16(18)4)12-13-27-5;/h17H,6-14H2,1-5H3,(H,21,22);1H. The lowest BCUT2D eigenvalue weighted by atomic mass is 9.97. The van der Waals surface area contributed by atoms with Crippen LogP contribution in [0, 0.1) is 19.8 Å². The molecule has 1 fully saturated rings. The van der Waals surface area contributed by atoms with Crippen molar-refractivity contribution in [2.45, 2.75) is 53.6 Å². The number of guanidine groups is 1. The predicted octanol–water partition coefficient (Wildman–Crippen LogP) is 2.50. The molecule has 0 saturated carbocycles. The number of carbonyl (C=O) groups is 1. The maximum absolute atomic E-state index is 12.0. The number of carbonyl (C=O) groups excluding carboxylic acids is 1. The van der Waals surface area contributed by atoms with Gasteiger partial charge in [-0.1, -0.05) is 0 Å². The molecular weight excluding hydrogens is 485 g/mol. The zero-order valence-electron chi connectivity index (χ0n) is 18.4. The van der Waals surface area contributed by atoms with Crippen molar-refractivity contribution < 1.29 is 14.3 Å². The minimum atomic E-state index is -0.0705. The molecule has 1 saturated heterocycles. The van der Waals surface area contributed by atoms with Crippen LogP contribution in [0.3, 0.4) is 0 Å². The fourth-order valence-corrected chi connectivity index (χ4v) is 3.53. The van der Waals surface area contributed by atoms with Crippen LogP contribution in [-0.2, 0) is 27.4 Å². The summed E-state index contributed by atoms with van der Waals surface area (Å²) in [5.41, 5.74) is 3.30. The van der Waals surface area contributed by atoms with Gasteiger partial charge in [0.2, 0.25) is 0 Å². The van der Waals surface area contributed by atoms with Crippen LogP contribution in [-0.4, -0.2) is 66.6 Å². The number of rotatable bonds is 8. The molecule has 0 atom stereocenters. The van der Waals surface area contributed by atoms with Gasteiger partial charge in [-0.15, -0.1) is 24.0 Å². The molecule has 1 N–H and O–H groups in total. The molecule has 0 radical (unpaired) electrons. The van der Waals surface area contributed by atoms with E-state index in [1.807, 2.05) is 18.5 Å². The normalized spacial score (nSPS) is 15.2. The molecule has 1 aliphatic rings. The average molecular weight is 521 g/mol. The number of aryl methyl sites for hydroxylation is 1. The van der Waals surface area contributed by atoms with E-state index in [9.17, 15) is 4.79 Å². The van der Waals surface area contributed by atoms with Crippen LogP contribution in [0.4, 0.5) is 0 Å². The van der Waals surface area contributed by atoms with Crippen molar-refractivity contribution in [1.82, 2.24) is 20.0 Å². The Labute approximate surface area is 191 Å². The zero-order valence-corrected chi connectivity index (χ0v) is 20.7. The molecule has 0 bridgehead atoms. The number of piperidine rings is 1. The highest BCUT2D eigenvalue weighted by atomic mass is 127. The van der Waals surface area contributed by atoms with Gasteiger partial charge in [0.1, 0.15) is 0 Å². The molecule has 0 amide bonds. The van der Waals surface area contributed by atoms with Gasteiger partial charge in [-0.25, -0.2) is 4.99 Å². The molecule has 2 rings (SSSR count). The van der Waals surface area contributed by atoms with Gasteiger partial charge >= 0.3 is 5.97 Å². The molecule has 166 valence electrons. The molecule has 0 unspecified atom stereocenters. The summed E-state index contributed by atoms with van der Waals surface area (Å²) in [5.74, 6) is 0.828. The van der Waals surface area contributed by atoms with Crippen molar-refractivity contribution in [2.75, 3.05) is 40.0 Å². The molecule has 1 aromatic rings. The van der Waals surface area contributed by atoms with Gasteiger partial charge in [0, 0.05) is 38.0 Å². The Hall–Kier alpha value is -1.36. The molecule has 0 spiro atoms. The van der Waals surface area contributed by atoms with Crippen LogP contribution in [0.25, 0.3) is 0 Å². The van der Waals surface area contributed by atoms with Crippen molar-refractivity contribution in [1.29, 1.82) is 0 Å². The van der Waals surface area contributed by atoms with Gasteiger partial charge in [0.25, 0.3) is 0 Å². The molecule has 1 aliphatic heterocycles. The summed E-state index contributed by atoms with van der Waals surface area (Å²) < 4.78 is 12.3. The van der Waals surface area contributed by atoms with E-state index in [1.54, 1.807) is 7.11 Å². The Morgan fingerprint density at radius 2 is 1.97 bits per heavy atom. The fourth-order valence-electron chi connectivity index (χ4n) is 3.53. The van der Waals surface area contributed by atoms with E-state index in [1.165, 1.54) is 0 Å². The van der Waals surface area contributed by atoms with Gasteiger partial charge < -0.3 is 19.7 Å². The number of aliphatic imine (C=N–C) groups is 1. The number of hydrogen-bond acceptors (Lipinski definition) is 5. The van der Waals surface area contributed by atoms with Crippen molar-refractivity contribution in [2.24, 2.45) is 10.9 Å². The topological polar surface area (TPSA) is 81.0 Å². The SMILES string of the molecule is CCNC(=NCc1c(C)nn(CCOC)c1C)N1CCC(C(=O)OCC)CC1.I. The van der Waals surface area contributed by atoms with Gasteiger partial charge in [-0.3, -0.25) is 9.48 Å². The quantitative estimate of drug-likeness (QED) is 0.245. The van der Waals surface area contributed by atoms with E-state index in [0.717, 1.165) is 61.9 Å². The Balaban J connectivity index is 0.00000420. The lowest BCUT2D eigenvalue weighted by Crippen LogP contribution is -2.46. The Kier molecular flexibility index (Phi) is 11.6. The Bertz CT molecular complexity index is 669. The number of aromatic nitrogens is 2. The van der Waals surface area contributed by atoms with E-state index in [2.05, 4.69) is 29.2 Å². The summed E-state index contributed by atoms with van der Waals surface area (Å²) in [6.45, 7) is 12.9. The highest BCUT2D eigenvalue weighted by molar-refractivity contribution is 14.0. The number of halogens is 1. The van der Waals surface area contributed by atoms with Crippen molar-refractivity contribution in [3.05, 3.63) is 17.0 Å². The third-order valence-corrected chi connectivity index (χ3v) is 5.17. The monoisotopic (exact) mass is 521 g/mol. The average Bonchev–Trinajstić information content (AvgIpc) is 2.97. The summed E-state index contributed by atoms with van der Waals surface area (Å²) in [6.07, 6.45) is 1.60. The molecular formula is C20H36IN5O3. The van der Waals surface area contributed by atoms with E-state index in [4.69, 9.17) is 14.5 Å². The highest BCUT2D eigenvalue weighted by Gasteiger charge is 2.27. The Morgan fingerprint density at radius 3 is 2.55 bits per heavy atom. The van der Waals surface area contributed by atoms with Gasteiger partial charge in [-0.05, 0) is 40.5 Å². The first-order chi connectivity index (χ1) is 13.5. The smallest absolute Gasteiger partial charge is 0.309 e. The minimum Gasteiger partial charge on any atom is -0.466 e. The number of likely N-dealkylation sites (tertiary alicyclic amines) is 1. The lowest BCUT2D eigenvalue weighted by Gasteiger charge is -2.33. The van der Waals surface area contributed by atoms with Crippen LogP contribution in [0.5, 0.6) is 0 Å². The molecule has 29 heavy (non-hydrogen) atoms. The number of nitrogens with one attached hydrogen (secondary N) is 1. The first-order valence-corrected chi connectivity index (χ1v) is 10.2. The number of methoxy groups -OCH3 is 1. The molecule has 8 nitrogen and oxygen atoms in total. The third-order valence-electron chi connectivity index (χ3n) is 5.17. The van der Waals surface area contributed by atoms with E-state index in [0.29, 0.717) is 19.8 Å². The van der Waals surface area contributed by atoms with Crippen LogP contribution in [0.1, 0.15) is 43.6 Å². The second-order valence-corrected chi connectivity index (χ2v) is 7.05. The number of nitrogens with zero attached hydrogens (tertiary/aromatic N) is 4. The summed E-state index contributed by atoms with van der Waals surface area (Å²) in [4.78, 5) is 19.1. The van der Waals surface area contributed by atoms with Crippen LogP contribution < -0.4 is 5.32 Å². The summed E-state index contributed by atoms with van der Waals surface area (Å²) in [5, 5.41) is 8.00. The van der Waals surface area contributed by atoms with Crippen molar-refractivity contribution >= 4 is 35.9 Å². The number of esters is 1. The van der Waals surface area contributed by atoms with Gasteiger partial charge in [-0.2, -0.15) is 5.10 Å². The summed E-state index contributed by atoms with van der Waals surface area (Å²) >= 11 is 0. The zero-order chi connectivity index (χ0) is 20.5. The first-order valence-electron chi connectivity index (χ1n) is 10.2. The minimum absolute atomic E-state index is 0. The number of ether oxygens (including phenoxy) is 2. The van der Waals surface area contributed by atoms with Crippen LogP contribution in [0.15, 0.2) is 4.99 Å².